The van der Waals surface area contributed by atoms with Crippen LogP contribution in [-0.4, -0.2) is 35.4 Å². The van der Waals surface area contributed by atoms with Gasteiger partial charge in [0.25, 0.3) is 11.8 Å². The van der Waals surface area contributed by atoms with Crippen LogP contribution in [0.15, 0.2) is 24.3 Å². The molecule has 0 N–H and O–H groups in total. The third kappa shape index (κ3) is 2.98. The Balaban J connectivity index is 2.11. The maximum absolute atomic E-state index is 12.2. The molecule has 1 aromatic rings. The van der Waals surface area contributed by atoms with E-state index in [4.69, 9.17) is 16.3 Å². The van der Waals surface area contributed by atoms with E-state index in [0.717, 1.165) is 6.16 Å². The van der Waals surface area contributed by atoms with E-state index in [2.05, 4.69) is 0 Å². The average Bonchev–Trinajstić information content (AvgIpc) is 2.70. The van der Waals surface area contributed by atoms with E-state index in [1.54, 1.807) is 24.3 Å². The minimum Gasteiger partial charge on any atom is -0.342 e. The van der Waals surface area contributed by atoms with Crippen molar-refractivity contribution in [1.29, 1.82) is 0 Å². The summed E-state index contributed by atoms with van der Waals surface area (Å²) in [5.41, 5.74) is -1.05. The lowest BCUT2D eigenvalue weighted by molar-refractivity contribution is 0.0684. The minimum atomic E-state index is -2.00. The van der Waals surface area contributed by atoms with Crippen molar-refractivity contribution in [1.82, 2.24) is 4.90 Å². The third-order valence-corrected chi connectivity index (χ3v) is 9.82. The van der Waals surface area contributed by atoms with Crippen molar-refractivity contribution in [3.63, 3.8) is 0 Å². The highest BCUT2D eigenvalue weighted by Gasteiger charge is 2.35. The summed E-state index contributed by atoms with van der Waals surface area (Å²) in [6.45, 7) is 4.44. The van der Waals surface area contributed by atoms with Gasteiger partial charge in [0.1, 0.15) is 5.47 Å². The summed E-state index contributed by atoms with van der Waals surface area (Å²) in [5, 5.41) is 0. The Hall–Kier alpha value is -0.680. The summed E-state index contributed by atoms with van der Waals surface area (Å²) in [7, 11) is 0. The van der Waals surface area contributed by atoms with Crippen molar-refractivity contribution < 1.29 is 14.1 Å². The molecule has 0 aromatic heterocycles. The zero-order chi connectivity index (χ0) is 14.8. The molecule has 1 aliphatic heterocycles. The molecule has 2 rings (SSSR count). The van der Waals surface area contributed by atoms with E-state index < -0.39 is 5.47 Å². The van der Waals surface area contributed by atoms with Crippen LogP contribution in [0.1, 0.15) is 34.6 Å². The molecule has 1 aliphatic rings. The van der Waals surface area contributed by atoms with Crippen LogP contribution in [0.25, 0.3) is 0 Å². The summed E-state index contributed by atoms with van der Waals surface area (Å²) in [6, 6.07) is 6.88. The minimum absolute atomic E-state index is 0.243. The Morgan fingerprint density at radius 2 is 1.75 bits per heavy atom. The number of amides is 2. The van der Waals surface area contributed by atoms with E-state index in [1.165, 1.54) is 16.3 Å². The lowest BCUT2D eigenvalue weighted by Crippen LogP contribution is -2.29. The number of nitrogens with zero attached hydrogens (tertiary/aromatic N) is 1. The van der Waals surface area contributed by atoms with E-state index in [0.29, 0.717) is 17.7 Å². The van der Waals surface area contributed by atoms with Gasteiger partial charge in [0, 0.05) is 12.8 Å². The van der Waals surface area contributed by atoms with Crippen molar-refractivity contribution in [2.45, 2.75) is 13.8 Å². The van der Waals surface area contributed by atoms with Crippen LogP contribution in [0.3, 0.4) is 0 Å². The topological polar surface area (TPSA) is 46.6 Å². The zero-order valence-electron chi connectivity index (χ0n) is 11.4. The fraction of sp³-hybridized carbons (Fsp3) is 0.385. The summed E-state index contributed by atoms with van der Waals surface area (Å²) >= 11 is 6.91. The first kappa shape index (κ1) is 15.7. The molecule has 1 heterocycles. The van der Waals surface area contributed by atoms with Crippen LogP contribution in [0.2, 0.25) is 0 Å². The Morgan fingerprint density at radius 3 is 2.20 bits per heavy atom. The molecular formula is C13H16NO3PS2. The number of carbonyl (C=O) groups excluding carboxylic acids is 2. The van der Waals surface area contributed by atoms with Crippen LogP contribution in [-0.2, 0) is 16.3 Å². The molecule has 4 nitrogen and oxygen atoms in total. The average molecular weight is 329 g/mol. The molecule has 0 saturated heterocycles. The number of imide groups is 1. The molecule has 0 spiro atoms. The van der Waals surface area contributed by atoms with Gasteiger partial charge in [0.15, 0.2) is 0 Å². The maximum Gasteiger partial charge on any atom is 0.262 e. The monoisotopic (exact) mass is 329 g/mol. The Bertz CT molecular complexity index is 556. The fourth-order valence-corrected chi connectivity index (χ4v) is 5.98. The molecule has 20 heavy (non-hydrogen) atoms. The normalized spacial score (nSPS) is 17.2. The van der Waals surface area contributed by atoms with Gasteiger partial charge in [-0.15, -0.1) is 0 Å². The maximum atomic E-state index is 12.2. The van der Waals surface area contributed by atoms with Crippen molar-refractivity contribution in [2.24, 2.45) is 0 Å². The number of rotatable bonds is 6. The zero-order valence-corrected chi connectivity index (χ0v) is 13.9. The molecule has 108 valence electrons. The summed E-state index contributed by atoms with van der Waals surface area (Å²) in [4.78, 5) is 25.7. The second kappa shape index (κ2) is 6.39. The SMILES string of the molecule is CCOP(=S)(CC)SCN1C(=O)c2ccccc2C1=O. The van der Waals surface area contributed by atoms with Gasteiger partial charge in [0.05, 0.1) is 17.0 Å². The lowest BCUT2D eigenvalue weighted by atomic mass is 10.1. The fourth-order valence-electron chi connectivity index (χ4n) is 1.92. The lowest BCUT2D eigenvalue weighted by Gasteiger charge is -2.22. The van der Waals surface area contributed by atoms with Gasteiger partial charge < -0.3 is 4.52 Å². The summed E-state index contributed by atoms with van der Waals surface area (Å²) < 4.78 is 5.63. The second-order valence-corrected chi connectivity index (χ2v) is 11.8. The van der Waals surface area contributed by atoms with Gasteiger partial charge >= 0.3 is 0 Å². The molecule has 0 fully saturated rings. The van der Waals surface area contributed by atoms with Crippen LogP contribution < -0.4 is 0 Å². The van der Waals surface area contributed by atoms with Gasteiger partial charge in [-0.1, -0.05) is 42.2 Å². The molecule has 0 saturated carbocycles. The van der Waals surface area contributed by atoms with Crippen LogP contribution in [0.5, 0.6) is 0 Å². The van der Waals surface area contributed by atoms with Gasteiger partial charge in [-0.2, -0.15) is 0 Å². The van der Waals surface area contributed by atoms with Crippen LogP contribution >= 0.6 is 16.8 Å². The highest BCUT2D eigenvalue weighted by atomic mass is 32.9. The van der Waals surface area contributed by atoms with Crippen molar-refractivity contribution in [2.75, 3.05) is 18.6 Å². The van der Waals surface area contributed by atoms with E-state index in [-0.39, 0.29) is 17.7 Å². The highest BCUT2D eigenvalue weighted by molar-refractivity contribution is 8.69. The predicted molar refractivity (Wildman–Crippen MR) is 85.9 cm³/mol. The van der Waals surface area contributed by atoms with Crippen molar-refractivity contribution in [3.8, 4) is 0 Å². The summed E-state index contributed by atoms with van der Waals surface area (Å²) in [6.07, 6.45) is 0.740. The quantitative estimate of drug-likeness (QED) is 0.592. The van der Waals surface area contributed by atoms with E-state index >= 15 is 0 Å². The first-order valence-electron chi connectivity index (χ1n) is 6.35. The van der Waals surface area contributed by atoms with Gasteiger partial charge in [-0.25, -0.2) is 0 Å². The predicted octanol–water partition coefficient (Wildman–Crippen LogP) is 3.34. The number of hydrogen-bond donors (Lipinski definition) is 0. The summed E-state index contributed by atoms with van der Waals surface area (Å²) in [5.74, 6) is -0.225. The molecule has 0 aliphatic carbocycles. The number of carbonyl (C=O) groups is 2. The Morgan fingerprint density at radius 1 is 1.20 bits per heavy atom. The number of benzene rings is 1. The van der Waals surface area contributed by atoms with Gasteiger partial charge in [-0.3, -0.25) is 14.5 Å². The molecule has 1 aromatic carbocycles. The number of fused-ring (bicyclic) bond motifs is 1. The Kier molecular flexibility index (Phi) is 5.02. The molecule has 7 heteroatoms. The van der Waals surface area contributed by atoms with Crippen molar-refractivity contribution >= 4 is 40.5 Å². The largest absolute Gasteiger partial charge is 0.342 e. The Labute approximate surface area is 127 Å². The molecular weight excluding hydrogens is 313 g/mol. The van der Waals surface area contributed by atoms with Crippen molar-refractivity contribution in [3.05, 3.63) is 35.4 Å². The van der Waals surface area contributed by atoms with E-state index in [1.807, 2.05) is 13.8 Å². The first-order chi connectivity index (χ1) is 9.52. The van der Waals surface area contributed by atoms with E-state index in [9.17, 15) is 9.59 Å². The molecule has 0 bridgehead atoms. The molecule has 1 unspecified atom stereocenters. The van der Waals surface area contributed by atoms with Crippen LogP contribution in [0.4, 0.5) is 0 Å². The second-order valence-electron chi connectivity index (χ2n) is 4.19. The van der Waals surface area contributed by atoms with Gasteiger partial charge in [-0.05, 0) is 19.1 Å². The van der Waals surface area contributed by atoms with Gasteiger partial charge in [0.2, 0.25) is 0 Å². The standard InChI is InChI=1S/C13H16NO3PS2/c1-3-17-18(19,4-2)20-9-14-12(15)10-7-5-6-8-11(10)13(14)16/h5-8H,3-4,9H2,1-2H3. The van der Waals surface area contributed by atoms with Crippen LogP contribution in [0, 0.1) is 0 Å². The highest BCUT2D eigenvalue weighted by Crippen LogP contribution is 2.59. The first-order valence-corrected chi connectivity index (χ1v) is 10.9. The number of hydrogen-bond acceptors (Lipinski definition) is 5. The smallest absolute Gasteiger partial charge is 0.262 e. The molecule has 0 radical (unpaired) electrons. The molecule has 1 atom stereocenters. The third-order valence-electron chi connectivity index (χ3n) is 2.97. The molecule has 2 amide bonds.